The van der Waals surface area contributed by atoms with Crippen molar-refractivity contribution in [2.75, 3.05) is 5.73 Å². The lowest BCUT2D eigenvalue weighted by Gasteiger charge is -2.32. The van der Waals surface area contributed by atoms with E-state index < -0.39 is 18.3 Å². The third-order valence-electron chi connectivity index (χ3n) is 5.23. The maximum atomic E-state index is 6.46. The summed E-state index contributed by atoms with van der Waals surface area (Å²) in [5, 5.41) is 0.561. The molecule has 23 heavy (non-hydrogen) atoms. The molecule has 126 valence electrons. The maximum Gasteiger partial charge on any atom is 0.496 e. The number of ether oxygens (including phenoxy) is 1. The Balaban J connectivity index is 1.83. The predicted molar refractivity (Wildman–Crippen MR) is 94.5 cm³/mol. The summed E-state index contributed by atoms with van der Waals surface area (Å²) in [4.78, 5) is 0. The second-order valence-corrected chi connectivity index (χ2v) is 7.93. The van der Waals surface area contributed by atoms with E-state index in [9.17, 15) is 0 Å². The number of nitrogens with two attached hydrogens (primary N) is 1. The molecule has 4 nitrogen and oxygen atoms in total. The highest BCUT2D eigenvalue weighted by atomic mass is 35.5. The molecule has 1 aromatic carbocycles. The summed E-state index contributed by atoms with van der Waals surface area (Å²) >= 11 is 6.46. The molecule has 2 aliphatic rings. The molecule has 0 radical (unpaired) electrons. The zero-order valence-corrected chi connectivity index (χ0v) is 15.1. The van der Waals surface area contributed by atoms with Crippen LogP contribution in [0.15, 0.2) is 12.1 Å². The van der Waals surface area contributed by atoms with E-state index in [0.717, 1.165) is 18.3 Å². The van der Waals surface area contributed by atoms with Crippen molar-refractivity contribution in [3.8, 4) is 5.75 Å². The molecular weight excluding hydrogens is 312 g/mol. The maximum absolute atomic E-state index is 6.46. The Morgan fingerprint density at radius 2 is 1.70 bits per heavy atom. The molecule has 3 rings (SSSR count). The van der Waals surface area contributed by atoms with Crippen LogP contribution >= 0.6 is 11.6 Å². The van der Waals surface area contributed by atoms with Crippen LogP contribution in [0, 0.1) is 0 Å². The molecule has 1 saturated heterocycles. The minimum Gasteiger partial charge on any atom is -0.488 e. The van der Waals surface area contributed by atoms with E-state index in [1.807, 2.05) is 33.8 Å². The van der Waals surface area contributed by atoms with E-state index in [-0.39, 0.29) is 6.10 Å². The molecule has 0 atom stereocenters. The minimum absolute atomic E-state index is 0.246. The third-order valence-corrected chi connectivity index (χ3v) is 5.56. The number of anilines is 1. The number of rotatable bonds is 3. The van der Waals surface area contributed by atoms with Crippen LogP contribution < -0.4 is 15.9 Å². The summed E-state index contributed by atoms with van der Waals surface area (Å²) in [7, 11) is -0.518. The van der Waals surface area contributed by atoms with Gasteiger partial charge >= 0.3 is 7.12 Å². The fourth-order valence-electron chi connectivity index (χ4n) is 3.03. The highest BCUT2D eigenvalue weighted by Crippen LogP contribution is 2.38. The fourth-order valence-corrected chi connectivity index (χ4v) is 3.27. The SMILES string of the molecule is CC1(C)OB(c2cc(N)c(OC3CCCC3)cc2Cl)OC1(C)C. The highest BCUT2D eigenvalue weighted by Gasteiger charge is 2.52. The first-order chi connectivity index (χ1) is 10.7. The molecule has 0 spiro atoms. The summed E-state index contributed by atoms with van der Waals surface area (Å²) in [5.74, 6) is 0.655. The van der Waals surface area contributed by atoms with Crippen LogP contribution in [-0.2, 0) is 9.31 Å². The first-order valence-corrected chi connectivity index (χ1v) is 8.68. The molecule has 1 aliphatic heterocycles. The largest absolute Gasteiger partial charge is 0.496 e. The van der Waals surface area contributed by atoms with Crippen LogP contribution in [0.5, 0.6) is 5.75 Å². The first-order valence-electron chi connectivity index (χ1n) is 8.31. The van der Waals surface area contributed by atoms with Crippen LogP contribution in [0.1, 0.15) is 53.4 Å². The van der Waals surface area contributed by atoms with E-state index in [2.05, 4.69) is 0 Å². The van der Waals surface area contributed by atoms with Gasteiger partial charge < -0.3 is 19.8 Å². The Labute approximate surface area is 143 Å². The van der Waals surface area contributed by atoms with Crippen molar-refractivity contribution in [3.05, 3.63) is 17.2 Å². The van der Waals surface area contributed by atoms with Crippen molar-refractivity contribution in [2.24, 2.45) is 0 Å². The molecule has 0 bridgehead atoms. The number of nitrogen functional groups attached to an aromatic ring is 1. The summed E-state index contributed by atoms with van der Waals surface area (Å²) in [6, 6.07) is 3.60. The standard InChI is InChI=1S/C17H25BClNO3/c1-16(2)17(3,4)23-18(22-16)12-9-14(20)15(10-13(12)19)21-11-7-5-6-8-11/h9-11H,5-8,20H2,1-4H3. The monoisotopic (exact) mass is 337 g/mol. The van der Waals surface area contributed by atoms with Gasteiger partial charge in [0.2, 0.25) is 0 Å². The van der Waals surface area contributed by atoms with Crippen molar-refractivity contribution in [3.63, 3.8) is 0 Å². The van der Waals surface area contributed by atoms with Crippen LogP contribution in [0.3, 0.4) is 0 Å². The molecule has 1 saturated carbocycles. The Hall–Kier alpha value is -0.905. The van der Waals surface area contributed by atoms with Gasteiger partial charge in [-0.05, 0) is 59.4 Å². The van der Waals surface area contributed by atoms with Gasteiger partial charge in [0, 0.05) is 16.6 Å². The molecule has 2 fully saturated rings. The predicted octanol–water partition coefficient (Wildman–Crippen LogP) is 3.54. The van der Waals surface area contributed by atoms with Crippen molar-refractivity contribution in [1.82, 2.24) is 0 Å². The van der Waals surface area contributed by atoms with E-state index in [1.165, 1.54) is 12.8 Å². The Morgan fingerprint density at radius 1 is 1.13 bits per heavy atom. The van der Waals surface area contributed by atoms with Gasteiger partial charge in [-0.2, -0.15) is 0 Å². The number of hydrogen-bond donors (Lipinski definition) is 1. The average Bonchev–Trinajstić information content (AvgIpc) is 3.00. The van der Waals surface area contributed by atoms with Gasteiger partial charge in [-0.3, -0.25) is 0 Å². The normalized spacial score (nSPS) is 23.4. The molecule has 6 heteroatoms. The Bertz CT molecular complexity index is 584. The summed E-state index contributed by atoms with van der Waals surface area (Å²) < 4.78 is 18.1. The molecule has 1 heterocycles. The third kappa shape index (κ3) is 3.19. The van der Waals surface area contributed by atoms with Crippen molar-refractivity contribution in [1.29, 1.82) is 0 Å². The van der Waals surface area contributed by atoms with Gasteiger partial charge in [-0.15, -0.1) is 0 Å². The lowest BCUT2D eigenvalue weighted by molar-refractivity contribution is 0.00578. The zero-order chi connectivity index (χ0) is 16.8. The molecule has 1 aliphatic carbocycles. The molecule has 0 amide bonds. The Kier molecular flexibility index (Phi) is 4.32. The first kappa shape index (κ1) is 16.9. The van der Waals surface area contributed by atoms with E-state index >= 15 is 0 Å². The van der Waals surface area contributed by atoms with E-state index in [0.29, 0.717) is 16.5 Å². The summed E-state index contributed by atoms with van der Waals surface area (Å²) in [6.45, 7) is 8.06. The van der Waals surface area contributed by atoms with E-state index in [1.54, 1.807) is 6.07 Å². The second-order valence-electron chi connectivity index (χ2n) is 7.52. The van der Waals surface area contributed by atoms with Crippen molar-refractivity contribution in [2.45, 2.75) is 70.7 Å². The van der Waals surface area contributed by atoms with Gasteiger partial charge in [-0.1, -0.05) is 11.6 Å². The van der Waals surface area contributed by atoms with Gasteiger partial charge in [0.25, 0.3) is 0 Å². The number of halogens is 1. The van der Waals surface area contributed by atoms with Crippen molar-refractivity contribution < 1.29 is 14.0 Å². The van der Waals surface area contributed by atoms with Gasteiger partial charge in [-0.25, -0.2) is 0 Å². The highest BCUT2D eigenvalue weighted by molar-refractivity contribution is 6.65. The van der Waals surface area contributed by atoms with Crippen LogP contribution in [0.25, 0.3) is 0 Å². The van der Waals surface area contributed by atoms with Gasteiger partial charge in [0.1, 0.15) is 5.75 Å². The zero-order valence-electron chi connectivity index (χ0n) is 14.3. The van der Waals surface area contributed by atoms with Gasteiger partial charge in [0.05, 0.1) is 23.0 Å². The molecule has 2 N–H and O–H groups in total. The topological polar surface area (TPSA) is 53.7 Å². The lowest BCUT2D eigenvalue weighted by atomic mass is 9.78. The Morgan fingerprint density at radius 3 is 2.26 bits per heavy atom. The van der Waals surface area contributed by atoms with Crippen LogP contribution in [-0.4, -0.2) is 24.4 Å². The molecule has 0 aromatic heterocycles. The second kappa shape index (κ2) is 5.87. The number of hydrogen-bond acceptors (Lipinski definition) is 4. The quantitative estimate of drug-likeness (QED) is 0.677. The smallest absolute Gasteiger partial charge is 0.488 e. The summed E-state index contributed by atoms with van der Waals surface area (Å²) in [5.41, 5.74) is 6.69. The molecule has 1 aromatic rings. The van der Waals surface area contributed by atoms with Crippen molar-refractivity contribution >= 4 is 29.9 Å². The van der Waals surface area contributed by atoms with Crippen LogP contribution in [0.4, 0.5) is 5.69 Å². The van der Waals surface area contributed by atoms with Gasteiger partial charge in [0.15, 0.2) is 0 Å². The fraction of sp³-hybridized carbons (Fsp3) is 0.647. The lowest BCUT2D eigenvalue weighted by Crippen LogP contribution is -2.41. The summed E-state index contributed by atoms with van der Waals surface area (Å²) in [6.07, 6.45) is 4.83. The average molecular weight is 338 g/mol. The molecule has 0 unspecified atom stereocenters. The molecular formula is C17H25BClNO3. The van der Waals surface area contributed by atoms with E-state index in [4.69, 9.17) is 31.4 Å². The minimum atomic E-state index is -0.518. The van der Waals surface area contributed by atoms with Crippen LogP contribution in [0.2, 0.25) is 5.02 Å². The number of benzene rings is 1.